The molecule has 0 spiro atoms. The highest BCUT2D eigenvalue weighted by atomic mass is 32.2. The van der Waals surface area contributed by atoms with Crippen LogP contribution in [0.4, 0.5) is 0 Å². The summed E-state index contributed by atoms with van der Waals surface area (Å²) < 4.78 is 31.0. The van der Waals surface area contributed by atoms with Gasteiger partial charge in [0.05, 0.1) is 6.04 Å². The Kier molecular flexibility index (Phi) is 5.56. The van der Waals surface area contributed by atoms with Crippen LogP contribution in [0.25, 0.3) is 0 Å². The number of hydrogen-bond donors (Lipinski definition) is 3. The molecule has 0 aromatic carbocycles. The molecule has 0 aliphatic rings. The van der Waals surface area contributed by atoms with Gasteiger partial charge in [0.15, 0.2) is 5.37 Å². The lowest BCUT2D eigenvalue weighted by atomic mass is 10.3. The van der Waals surface area contributed by atoms with E-state index in [1.165, 1.54) is 6.92 Å². The topological polar surface area (TPSA) is 113 Å². The van der Waals surface area contributed by atoms with Crippen molar-refractivity contribution in [3.8, 4) is 0 Å². The van der Waals surface area contributed by atoms with Gasteiger partial charge in [0, 0.05) is 0 Å². The van der Waals surface area contributed by atoms with Crippen molar-refractivity contribution in [3.63, 3.8) is 0 Å². The SMILES string of the molecule is C=CC(=O)NC(C)C(NC(=O)C=C)S(=O)(=O)O. The highest BCUT2D eigenvalue weighted by Gasteiger charge is 2.30. The van der Waals surface area contributed by atoms with Gasteiger partial charge in [-0.2, -0.15) is 8.42 Å². The first kappa shape index (κ1) is 15.3. The Balaban J connectivity index is 4.93. The van der Waals surface area contributed by atoms with Gasteiger partial charge in [0.2, 0.25) is 11.8 Å². The second-order valence-corrected chi connectivity index (χ2v) is 4.69. The van der Waals surface area contributed by atoms with E-state index in [-0.39, 0.29) is 0 Å². The summed E-state index contributed by atoms with van der Waals surface area (Å²) in [6.07, 6.45) is 1.78. The fourth-order valence-corrected chi connectivity index (χ4v) is 1.86. The molecule has 96 valence electrons. The summed E-state index contributed by atoms with van der Waals surface area (Å²) >= 11 is 0. The average Bonchev–Trinajstić information content (AvgIpc) is 2.23. The van der Waals surface area contributed by atoms with Crippen LogP contribution >= 0.6 is 0 Å². The monoisotopic (exact) mass is 262 g/mol. The first-order valence-corrected chi connectivity index (χ1v) is 6.04. The van der Waals surface area contributed by atoms with Crippen LogP contribution < -0.4 is 10.6 Å². The molecule has 7 nitrogen and oxygen atoms in total. The lowest BCUT2D eigenvalue weighted by Crippen LogP contribution is -2.53. The molecular weight excluding hydrogens is 248 g/mol. The third kappa shape index (κ3) is 5.27. The van der Waals surface area contributed by atoms with Crippen LogP contribution in [0.15, 0.2) is 25.3 Å². The Bertz CT molecular complexity index is 429. The van der Waals surface area contributed by atoms with E-state index in [9.17, 15) is 18.0 Å². The van der Waals surface area contributed by atoms with Crippen molar-refractivity contribution in [1.29, 1.82) is 0 Å². The van der Waals surface area contributed by atoms with Gasteiger partial charge >= 0.3 is 0 Å². The molecule has 2 atom stereocenters. The van der Waals surface area contributed by atoms with Crippen LogP contribution in [-0.2, 0) is 19.7 Å². The van der Waals surface area contributed by atoms with Crippen molar-refractivity contribution in [1.82, 2.24) is 10.6 Å². The molecule has 0 fully saturated rings. The molecule has 0 saturated carbocycles. The fourth-order valence-electron chi connectivity index (χ4n) is 1.02. The molecule has 2 amide bonds. The van der Waals surface area contributed by atoms with E-state index in [0.29, 0.717) is 0 Å². The van der Waals surface area contributed by atoms with Crippen LogP contribution in [0.1, 0.15) is 6.92 Å². The second-order valence-electron chi connectivity index (χ2n) is 3.15. The maximum atomic E-state index is 11.0. The number of rotatable bonds is 6. The van der Waals surface area contributed by atoms with Crippen LogP contribution in [0.2, 0.25) is 0 Å². The zero-order chi connectivity index (χ0) is 13.6. The van der Waals surface area contributed by atoms with Crippen molar-refractivity contribution in [2.45, 2.75) is 18.3 Å². The molecule has 0 aliphatic heterocycles. The Labute approximate surface area is 99.3 Å². The van der Waals surface area contributed by atoms with E-state index < -0.39 is 33.3 Å². The Morgan fingerprint density at radius 1 is 1.18 bits per heavy atom. The van der Waals surface area contributed by atoms with E-state index in [2.05, 4.69) is 18.5 Å². The normalized spacial score (nSPS) is 14.2. The molecule has 8 heteroatoms. The summed E-state index contributed by atoms with van der Waals surface area (Å²) in [5.41, 5.74) is 0. The van der Waals surface area contributed by atoms with Gasteiger partial charge in [-0.25, -0.2) is 0 Å². The first-order valence-electron chi connectivity index (χ1n) is 4.54. The molecule has 0 rings (SSSR count). The Morgan fingerprint density at radius 2 is 1.59 bits per heavy atom. The number of carbonyl (C=O) groups is 2. The summed E-state index contributed by atoms with van der Waals surface area (Å²) in [5, 5.41) is 2.56. The van der Waals surface area contributed by atoms with E-state index in [1.54, 1.807) is 0 Å². The first-order chi connectivity index (χ1) is 7.72. The van der Waals surface area contributed by atoms with Crippen LogP contribution in [0.5, 0.6) is 0 Å². The van der Waals surface area contributed by atoms with Gasteiger partial charge in [0.25, 0.3) is 10.1 Å². The number of carbonyl (C=O) groups excluding carboxylic acids is 2. The van der Waals surface area contributed by atoms with Crippen molar-refractivity contribution in [2.75, 3.05) is 0 Å². The summed E-state index contributed by atoms with van der Waals surface area (Å²) in [6, 6.07) is -1.03. The van der Waals surface area contributed by atoms with Gasteiger partial charge in [-0.3, -0.25) is 14.1 Å². The molecule has 0 aliphatic carbocycles. The van der Waals surface area contributed by atoms with E-state index in [0.717, 1.165) is 12.2 Å². The molecule has 3 N–H and O–H groups in total. The third-order valence-corrected chi connectivity index (χ3v) is 2.97. The van der Waals surface area contributed by atoms with E-state index in [4.69, 9.17) is 4.55 Å². The summed E-state index contributed by atoms with van der Waals surface area (Å²) in [4.78, 5) is 22.0. The zero-order valence-corrected chi connectivity index (χ0v) is 10.0. The molecule has 0 aromatic rings. The molecular formula is C9H14N2O5S. The van der Waals surface area contributed by atoms with Gasteiger partial charge in [-0.1, -0.05) is 13.2 Å². The molecule has 0 aromatic heterocycles. The minimum atomic E-state index is -4.55. The van der Waals surface area contributed by atoms with Crippen molar-refractivity contribution in [3.05, 3.63) is 25.3 Å². The molecule has 17 heavy (non-hydrogen) atoms. The van der Waals surface area contributed by atoms with E-state index >= 15 is 0 Å². The quantitative estimate of drug-likeness (QED) is 0.428. The van der Waals surface area contributed by atoms with Gasteiger partial charge in [-0.15, -0.1) is 0 Å². The number of amides is 2. The molecule has 2 unspecified atom stereocenters. The largest absolute Gasteiger partial charge is 0.347 e. The summed E-state index contributed by atoms with van der Waals surface area (Å²) in [6.45, 7) is 7.63. The summed E-state index contributed by atoms with van der Waals surface area (Å²) in [5.74, 6) is -1.41. The lowest BCUT2D eigenvalue weighted by molar-refractivity contribution is -0.119. The Hall–Kier alpha value is -1.67. The van der Waals surface area contributed by atoms with Crippen molar-refractivity contribution < 1.29 is 22.6 Å². The van der Waals surface area contributed by atoms with Crippen LogP contribution in [0, 0.1) is 0 Å². The lowest BCUT2D eigenvalue weighted by Gasteiger charge is -2.22. The van der Waals surface area contributed by atoms with Crippen molar-refractivity contribution in [2.24, 2.45) is 0 Å². The fraction of sp³-hybridized carbons (Fsp3) is 0.333. The molecule has 0 bridgehead atoms. The highest BCUT2D eigenvalue weighted by molar-refractivity contribution is 7.86. The predicted octanol–water partition coefficient (Wildman–Crippen LogP) is -0.807. The maximum Gasteiger partial charge on any atom is 0.288 e. The maximum absolute atomic E-state index is 11.0. The molecule has 0 heterocycles. The third-order valence-electron chi connectivity index (χ3n) is 1.80. The van der Waals surface area contributed by atoms with Crippen LogP contribution in [-0.4, -0.2) is 36.2 Å². The standard InChI is InChI=1S/C9H14N2O5S/c1-4-7(12)10-6(3)9(17(14,15)16)11-8(13)5-2/h4-6,9H,1-2H2,3H3,(H,10,12)(H,11,13)(H,14,15,16). The molecule has 0 saturated heterocycles. The summed E-state index contributed by atoms with van der Waals surface area (Å²) in [7, 11) is -4.55. The van der Waals surface area contributed by atoms with Crippen LogP contribution in [0.3, 0.4) is 0 Å². The molecule has 0 radical (unpaired) electrons. The number of nitrogens with one attached hydrogen (secondary N) is 2. The predicted molar refractivity (Wildman–Crippen MR) is 61.5 cm³/mol. The average molecular weight is 262 g/mol. The minimum Gasteiger partial charge on any atom is -0.347 e. The van der Waals surface area contributed by atoms with Gasteiger partial charge < -0.3 is 10.6 Å². The highest BCUT2D eigenvalue weighted by Crippen LogP contribution is 2.02. The minimum absolute atomic E-state index is 0.626. The van der Waals surface area contributed by atoms with Gasteiger partial charge in [-0.05, 0) is 19.1 Å². The Morgan fingerprint density at radius 3 is 1.94 bits per heavy atom. The number of hydrogen-bond acceptors (Lipinski definition) is 4. The smallest absolute Gasteiger partial charge is 0.288 e. The van der Waals surface area contributed by atoms with Gasteiger partial charge in [0.1, 0.15) is 0 Å². The second kappa shape index (κ2) is 6.16. The van der Waals surface area contributed by atoms with Crippen molar-refractivity contribution >= 4 is 21.9 Å². The zero-order valence-electron chi connectivity index (χ0n) is 9.21. The van der Waals surface area contributed by atoms with E-state index in [1.807, 2.05) is 5.32 Å².